The average Bonchev–Trinajstić information content (AvgIpc) is 4.20. The lowest BCUT2D eigenvalue weighted by Gasteiger charge is -2.30. The summed E-state index contributed by atoms with van der Waals surface area (Å²) in [6.07, 6.45) is 12.1. The molecule has 0 radical (unpaired) electrons. The SMILES string of the molecule is CC(C)[C@H](Nc1noc(N)n1)C(=O)N1C[C@@H]2C[C@H]1c1ncc([nH]1)-c1ccc(-c3ccc(-c4cnc([C@@H]5CCCN5C(=O)[C@H](Nc5noc(N)n5)C(C)C)[nH]4)cc3)cc1OCCCCCCCCO2. The van der Waals surface area contributed by atoms with Crippen molar-refractivity contribution in [1.82, 2.24) is 50.0 Å². The molecule has 5 atom stereocenters. The Morgan fingerprint density at radius 1 is 0.691 bits per heavy atom. The largest absolute Gasteiger partial charge is 0.493 e. The lowest BCUT2D eigenvalue weighted by molar-refractivity contribution is -0.135. The van der Waals surface area contributed by atoms with E-state index < -0.39 is 12.1 Å². The molecule has 0 saturated carbocycles. The predicted molar refractivity (Wildman–Crippen MR) is 255 cm³/mol. The Balaban J connectivity index is 0.935. The molecule has 4 bridgehead atoms. The molecule has 0 unspecified atom stereocenters. The molecule has 2 fully saturated rings. The van der Waals surface area contributed by atoms with Gasteiger partial charge in [-0.3, -0.25) is 9.59 Å². The van der Waals surface area contributed by atoms with Gasteiger partial charge in [-0.2, -0.15) is 9.97 Å². The van der Waals surface area contributed by atoms with Crippen molar-refractivity contribution in [3.05, 3.63) is 66.5 Å². The number of carbonyl (C=O) groups excluding carboxylic acids is 2. The Morgan fingerprint density at radius 2 is 1.26 bits per heavy atom. The summed E-state index contributed by atoms with van der Waals surface area (Å²) >= 11 is 0. The third kappa shape index (κ3) is 10.3. The second kappa shape index (κ2) is 20.5. The number of carbonyl (C=O) groups is 2. The molecule has 20 heteroatoms. The standard InChI is InChI=1S/C48H62N14O6/c1-27(2)39(55-47-57-45(49)67-59-47)43(63)61-19-11-12-36(61)41-51-24-34(53-41)30-15-13-29(14-16-30)31-17-18-33-35-25-52-42(54-35)37-23-32(65-20-9-7-5-6-8-10-21-66-38(33)22-31)26-62(37)44(64)40(28(3)4)56-48-58-46(50)68-60-48/h13-18,22,24-25,27-28,32,36-37,39-40H,5-12,19-21,23,26H2,1-4H3,(H,51,53)(H,52,54)(H3,49,55,57,59)(H3,50,56,58,60)/t32-,36-,37-,39+,40-/m0/s1. The molecule has 3 aliphatic heterocycles. The molecule has 0 aliphatic carbocycles. The van der Waals surface area contributed by atoms with E-state index >= 15 is 0 Å². The number of hydrogen-bond acceptors (Lipinski definition) is 16. The fourth-order valence-corrected chi connectivity index (χ4v) is 9.51. The van der Waals surface area contributed by atoms with E-state index in [1.54, 1.807) is 0 Å². The number of amides is 2. The summed E-state index contributed by atoms with van der Waals surface area (Å²) in [5.41, 5.74) is 16.8. The molecular weight excluding hydrogens is 869 g/mol. The van der Waals surface area contributed by atoms with Crippen LogP contribution in [0.4, 0.5) is 23.9 Å². The number of nitrogen functional groups attached to an aromatic ring is 2. The van der Waals surface area contributed by atoms with Gasteiger partial charge in [0.15, 0.2) is 0 Å². The summed E-state index contributed by atoms with van der Waals surface area (Å²) in [5.74, 6) is 2.21. The number of nitrogens with one attached hydrogen (secondary N) is 4. The molecule has 2 saturated heterocycles. The molecule has 2 amide bonds. The molecule has 0 spiro atoms. The third-order valence-corrected chi connectivity index (χ3v) is 13.2. The highest BCUT2D eigenvalue weighted by Gasteiger charge is 2.42. The number of ether oxygens (including phenoxy) is 2. The van der Waals surface area contributed by atoms with E-state index in [4.69, 9.17) is 40.0 Å². The zero-order valence-electron chi connectivity index (χ0n) is 39.1. The topological polar surface area (TPSA) is 270 Å². The number of H-pyrrole nitrogens is 2. The van der Waals surface area contributed by atoms with Crippen molar-refractivity contribution in [3.63, 3.8) is 0 Å². The summed E-state index contributed by atoms with van der Waals surface area (Å²) in [4.78, 5) is 57.0. The zero-order chi connectivity index (χ0) is 47.3. The molecule has 3 aliphatic rings. The number of aromatic amines is 2. The van der Waals surface area contributed by atoms with Gasteiger partial charge in [-0.25, -0.2) is 9.97 Å². The van der Waals surface area contributed by atoms with Gasteiger partial charge < -0.3 is 60.4 Å². The normalized spacial score (nSPS) is 20.1. The Bertz CT molecular complexity index is 2640. The Hall–Kier alpha value is -6.96. The van der Waals surface area contributed by atoms with Crippen LogP contribution in [0.5, 0.6) is 5.75 Å². The van der Waals surface area contributed by atoms with Gasteiger partial charge >= 0.3 is 12.0 Å². The molecular formula is C48H62N14O6. The highest BCUT2D eigenvalue weighted by atomic mass is 16.5. The highest BCUT2D eigenvalue weighted by molar-refractivity contribution is 5.86. The van der Waals surface area contributed by atoms with Gasteiger partial charge in [0.05, 0.1) is 48.6 Å². The number of benzene rings is 2. The summed E-state index contributed by atoms with van der Waals surface area (Å²) in [7, 11) is 0. The monoisotopic (exact) mass is 930 g/mol. The number of likely N-dealkylation sites (tertiary alicyclic amines) is 2. The lowest BCUT2D eigenvalue weighted by atomic mass is 10.00. The van der Waals surface area contributed by atoms with E-state index in [9.17, 15) is 9.59 Å². The summed E-state index contributed by atoms with van der Waals surface area (Å²) in [6, 6.07) is 12.7. The number of imidazole rings is 2. The molecule has 9 rings (SSSR count). The van der Waals surface area contributed by atoms with Crippen LogP contribution in [0.25, 0.3) is 33.6 Å². The number of anilines is 4. The molecule has 20 nitrogen and oxygen atoms in total. The minimum atomic E-state index is -0.638. The second-order valence-corrected chi connectivity index (χ2v) is 18.7. The number of aromatic nitrogens is 8. The predicted octanol–water partition coefficient (Wildman–Crippen LogP) is 7.39. The van der Waals surface area contributed by atoms with E-state index in [0.29, 0.717) is 38.5 Å². The third-order valence-electron chi connectivity index (χ3n) is 13.2. The van der Waals surface area contributed by atoms with Crippen molar-refractivity contribution in [1.29, 1.82) is 0 Å². The van der Waals surface area contributed by atoms with Crippen LogP contribution in [0.1, 0.15) is 109 Å². The second-order valence-electron chi connectivity index (χ2n) is 18.7. The van der Waals surface area contributed by atoms with Gasteiger partial charge in [-0.1, -0.05) is 83.7 Å². The summed E-state index contributed by atoms with van der Waals surface area (Å²) < 4.78 is 22.9. The number of rotatable bonds is 11. The number of fused-ring (bicyclic) bond motifs is 7. The van der Waals surface area contributed by atoms with Crippen molar-refractivity contribution in [2.24, 2.45) is 11.8 Å². The Kier molecular flexibility index (Phi) is 13.9. The first-order valence-corrected chi connectivity index (χ1v) is 23.9. The Labute approximate surface area is 394 Å². The van der Waals surface area contributed by atoms with Crippen LogP contribution < -0.4 is 26.8 Å². The molecule has 6 aromatic rings. The minimum Gasteiger partial charge on any atom is -0.493 e. The van der Waals surface area contributed by atoms with Crippen LogP contribution in [0.3, 0.4) is 0 Å². The van der Waals surface area contributed by atoms with Gasteiger partial charge in [-0.05, 0) is 76.7 Å². The van der Waals surface area contributed by atoms with Crippen molar-refractivity contribution < 1.29 is 28.1 Å². The van der Waals surface area contributed by atoms with Crippen LogP contribution in [0, 0.1) is 11.8 Å². The zero-order valence-corrected chi connectivity index (χ0v) is 39.1. The highest BCUT2D eigenvalue weighted by Crippen LogP contribution is 2.39. The van der Waals surface area contributed by atoms with Crippen LogP contribution in [-0.4, -0.2) is 106 Å². The fourth-order valence-electron chi connectivity index (χ4n) is 9.51. The van der Waals surface area contributed by atoms with Gasteiger partial charge in [0.25, 0.3) is 11.9 Å². The van der Waals surface area contributed by atoms with Crippen LogP contribution >= 0.6 is 0 Å². The van der Waals surface area contributed by atoms with Crippen molar-refractivity contribution in [2.75, 3.05) is 48.4 Å². The molecule has 8 N–H and O–H groups in total. The number of nitrogens with two attached hydrogens (primary N) is 2. The molecule has 68 heavy (non-hydrogen) atoms. The van der Waals surface area contributed by atoms with Crippen LogP contribution in [-0.2, 0) is 14.3 Å². The maximum Gasteiger partial charge on any atom is 0.320 e. The van der Waals surface area contributed by atoms with Crippen molar-refractivity contribution in [2.45, 2.75) is 116 Å². The smallest absolute Gasteiger partial charge is 0.320 e. The van der Waals surface area contributed by atoms with Crippen molar-refractivity contribution >= 4 is 35.7 Å². The molecule has 2 aromatic carbocycles. The van der Waals surface area contributed by atoms with Gasteiger partial charge in [0.2, 0.25) is 11.8 Å². The first kappa shape index (κ1) is 46.2. The van der Waals surface area contributed by atoms with E-state index in [2.05, 4.69) is 83.3 Å². The minimum absolute atomic E-state index is 0.0428. The van der Waals surface area contributed by atoms with E-state index in [1.165, 1.54) is 0 Å². The summed E-state index contributed by atoms with van der Waals surface area (Å²) in [6.45, 7) is 10.2. The maximum atomic E-state index is 14.4. The summed E-state index contributed by atoms with van der Waals surface area (Å²) in [5, 5.41) is 14.0. The maximum absolute atomic E-state index is 14.4. The van der Waals surface area contributed by atoms with E-state index in [0.717, 1.165) is 96.6 Å². The first-order valence-electron chi connectivity index (χ1n) is 23.9. The molecule has 7 heterocycles. The first-order chi connectivity index (χ1) is 33.0. The molecule has 4 aromatic heterocycles. The van der Waals surface area contributed by atoms with Gasteiger partial charge in [0.1, 0.15) is 29.5 Å². The molecule has 360 valence electrons. The lowest BCUT2D eigenvalue weighted by Crippen LogP contribution is -2.46. The van der Waals surface area contributed by atoms with E-state index in [1.807, 2.05) is 49.9 Å². The van der Waals surface area contributed by atoms with E-state index in [-0.39, 0.29) is 65.8 Å². The number of nitrogens with zero attached hydrogens (tertiary/aromatic N) is 8. The van der Waals surface area contributed by atoms with Crippen molar-refractivity contribution in [3.8, 4) is 39.4 Å². The van der Waals surface area contributed by atoms with Gasteiger partial charge in [0, 0.05) is 31.7 Å². The van der Waals surface area contributed by atoms with Gasteiger partial charge in [-0.15, -0.1) is 0 Å². The Morgan fingerprint density at radius 3 is 1.91 bits per heavy atom. The quantitative estimate of drug-likeness (QED) is 0.0739. The van der Waals surface area contributed by atoms with Crippen LogP contribution in [0.15, 0.2) is 63.9 Å². The van der Waals surface area contributed by atoms with Crippen LogP contribution in [0.2, 0.25) is 0 Å². The number of hydrogen-bond donors (Lipinski definition) is 6. The fraction of sp³-hybridized carbons (Fsp3) is 0.500. The average molecular weight is 931 g/mol.